The highest BCUT2D eigenvalue weighted by Crippen LogP contribution is 2.50. The monoisotopic (exact) mass is 441 g/mol. The standard InChI is InChI=1S/C28H31N3O2/c1-33-25-11-9-23(10-12-25)19-30-20-26(24-8-5-15-29-18-24)28(21-30)14-17-31(27(28)32)16-13-22-6-3-2-4-7-22/h2-12,15,18,26H,13-14,16-17,19-21H2,1H3/t26-,28-/m0/s1. The molecule has 0 unspecified atom stereocenters. The van der Waals surface area contributed by atoms with Gasteiger partial charge >= 0.3 is 0 Å². The van der Waals surface area contributed by atoms with E-state index in [2.05, 4.69) is 57.2 Å². The second-order valence-electron chi connectivity index (χ2n) is 9.29. The molecule has 0 N–H and O–H groups in total. The van der Waals surface area contributed by atoms with Crippen LogP contribution in [0.2, 0.25) is 0 Å². The number of rotatable bonds is 7. The van der Waals surface area contributed by atoms with Crippen LogP contribution in [0.4, 0.5) is 0 Å². The molecule has 2 aliphatic heterocycles. The minimum Gasteiger partial charge on any atom is -0.497 e. The predicted octanol–water partition coefficient (Wildman–Crippen LogP) is 4.15. The van der Waals surface area contributed by atoms with Crippen molar-refractivity contribution in [1.29, 1.82) is 0 Å². The highest BCUT2D eigenvalue weighted by atomic mass is 16.5. The van der Waals surface area contributed by atoms with Gasteiger partial charge in [0.05, 0.1) is 12.5 Å². The molecule has 2 saturated heterocycles. The van der Waals surface area contributed by atoms with E-state index in [0.29, 0.717) is 5.91 Å². The number of pyridine rings is 1. The first kappa shape index (κ1) is 21.7. The van der Waals surface area contributed by atoms with Gasteiger partial charge in [0, 0.05) is 51.0 Å². The van der Waals surface area contributed by atoms with Crippen LogP contribution in [0.1, 0.15) is 29.0 Å². The molecule has 1 amide bonds. The molecule has 0 saturated carbocycles. The first-order chi connectivity index (χ1) is 16.2. The van der Waals surface area contributed by atoms with Gasteiger partial charge in [-0.05, 0) is 47.7 Å². The van der Waals surface area contributed by atoms with E-state index in [0.717, 1.165) is 51.3 Å². The molecule has 2 atom stereocenters. The number of aromatic nitrogens is 1. The van der Waals surface area contributed by atoms with Crippen molar-refractivity contribution < 1.29 is 9.53 Å². The van der Waals surface area contributed by atoms with Crippen molar-refractivity contribution in [1.82, 2.24) is 14.8 Å². The van der Waals surface area contributed by atoms with Gasteiger partial charge in [-0.15, -0.1) is 0 Å². The third-order valence-electron chi connectivity index (χ3n) is 7.32. The van der Waals surface area contributed by atoms with Crippen molar-refractivity contribution >= 4 is 5.91 Å². The van der Waals surface area contributed by atoms with Crippen molar-refractivity contribution in [3.8, 4) is 5.75 Å². The Labute approximate surface area is 196 Å². The molecule has 2 aromatic carbocycles. The van der Waals surface area contributed by atoms with E-state index in [1.165, 1.54) is 16.7 Å². The van der Waals surface area contributed by atoms with Crippen molar-refractivity contribution in [2.45, 2.75) is 25.3 Å². The van der Waals surface area contributed by atoms with E-state index in [-0.39, 0.29) is 11.3 Å². The number of carbonyl (C=O) groups is 1. The number of carbonyl (C=O) groups excluding carboxylic acids is 1. The van der Waals surface area contributed by atoms with Gasteiger partial charge in [0.2, 0.25) is 5.91 Å². The van der Waals surface area contributed by atoms with Gasteiger partial charge in [0.25, 0.3) is 0 Å². The van der Waals surface area contributed by atoms with Crippen molar-refractivity contribution in [2.75, 3.05) is 33.3 Å². The molecule has 5 nitrogen and oxygen atoms in total. The normalized spacial score (nSPS) is 22.9. The maximum atomic E-state index is 13.9. The fourth-order valence-electron chi connectivity index (χ4n) is 5.57. The summed E-state index contributed by atoms with van der Waals surface area (Å²) in [4.78, 5) is 22.8. The summed E-state index contributed by atoms with van der Waals surface area (Å²) < 4.78 is 5.30. The fourth-order valence-corrected chi connectivity index (χ4v) is 5.57. The van der Waals surface area contributed by atoms with Crippen molar-refractivity contribution in [2.24, 2.45) is 5.41 Å². The van der Waals surface area contributed by atoms with E-state index < -0.39 is 0 Å². The Balaban J connectivity index is 1.35. The molecule has 0 bridgehead atoms. The molecule has 0 aliphatic carbocycles. The number of methoxy groups -OCH3 is 1. The number of hydrogen-bond acceptors (Lipinski definition) is 4. The quantitative estimate of drug-likeness (QED) is 0.553. The second-order valence-corrected chi connectivity index (χ2v) is 9.29. The van der Waals surface area contributed by atoms with Crippen LogP contribution in [-0.4, -0.2) is 54.0 Å². The third kappa shape index (κ3) is 4.38. The van der Waals surface area contributed by atoms with Crippen LogP contribution in [0.3, 0.4) is 0 Å². The summed E-state index contributed by atoms with van der Waals surface area (Å²) in [5.74, 6) is 1.34. The Hall–Kier alpha value is -3.18. The van der Waals surface area contributed by atoms with E-state index in [4.69, 9.17) is 4.74 Å². The molecule has 3 heterocycles. The molecular weight excluding hydrogens is 410 g/mol. The van der Waals surface area contributed by atoms with Gasteiger partial charge in [0.15, 0.2) is 0 Å². The van der Waals surface area contributed by atoms with E-state index >= 15 is 0 Å². The first-order valence-electron chi connectivity index (χ1n) is 11.8. The Kier molecular flexibility index (Phi) is 6.14. The predicted molar refractivity (Wildman–Crippen MR) is 129 cm³/mol. The maximum Gasteiger partial charge on any atom is 0.230 e. The smallest absolute Gasteiger partial charge is 0.230 e. The molecule has 2 fully saturated rings. The van der Waals surface area contributed by atoms with Crippen LogP contribution in [0.25, 0.3) is 0 Å². The summed E-state index contributed by atoms with van der Waals surface area (Å²) in [6.45, 7) is 4.11. The molecule has 3 aromatic rings. The lowest BCUT2D eigenvalue weighted by Gasteiger charge is -2.29. The van der Waals surface area contributed by atoms with Gasteiger partial charge in [-0.25, -0.2) is 0 Å². The number of benzene rings is 2. The maximum absolute atomic E-state index is 13.9. The minimum absolute atomic E-state index is 0.165. The summed E-state index contributed by atoms with van der Waals surface area (Å²) in [6.07, 6.45) is 5.56. The summed E-state index contributed by atoms with van der Waals surface area (Å²) >= 11 is 0. The Morgan fingerprint density at radius 1 is 1.03 bits per heavy atom. The highest BCUT2D eigenvalue weighted by Gasteiger charge is 2.56. The second kappa shape index (κ2) is 9.36. The Bertz CT molecular complexity index is 1070. The lowest BCUT2D eigenvalue weighted by Crippen LogP contribution is -2.40. The van der Waals surface area contributed by atoms with Crippen LogP contribution in [0.15, 0.2) is 79.1 Å². The lowest BCUT2D eigenvalue weighted by molar-refractivity contribution is -0.136. The zero-order valence-corrected chi connectivity index (χ0v) is 19.2. The highest BCUT2D eigenvalue weighted by molar-refractivity contribution is 5.87. The van der Waals surface area contributed by atoms with E-state index in [9.17, 15) is 4.79 Å². The minimum atomic E-state index is -0.369. The number of nitrogens with zero attached hydrogens (tertiary/aromatic N) is 3. The van der Waals surface area contributed by atoms with Crippen LogP contribution in [0, 0.1) is 5.41 Å². The van der Waals surface area contributed by atoms with Gasteiger partial charge < -0.3 is 9.64 Å². The zero-order valence-electron chi connectivity index (χ0n) is 19.2. The Morgan fingerprint density at radius 3 is 2.58 bits per heavy atom. The number of likely N-dealkylation sites (tertiary alicyclic amines) is 2. The molecule has 2 aliphatic rings. The van der Waals surface area contributed by atoms with Crippen LogP contribution in [0.5, 0.6) is 5.75 Å². The zero-order chi connectivity index (χ0) is 22.7. The van der Waals surface area contributed by atoms with E-state index in [1.807, 2.05) is 36.7 Å². The summed E-state index contributed by atoms with van der Waals surface area (Å²) in [7, 11) is 1.69. The first-order valence-corrected chi connectivity index (χ1v) is 11.8. The summed E-state index contributed by atoms with van der Waals surface area (Å²) in [5, 5.41) is 0. The number of hydrogen-bond donors (Lipinski definition) is 0. The van der Waals surface area contributed by atoms with Gasteiger partial charge in [0.1, 0.15) is 5.75 Å². The molecule has 5 rings (SSSR count). The number of ether oxygens (including phenoxy) is 1. The van der Waals surface area contributed by atoms with E-state index in [1.54, 1.807) is 7.11 Å². The van der Waals surface area contributed by atoms with Gasteiger partial charge in [-0.1, -0.05) is 48.5 Å². The average Bonchev–Trinajstić information content (AvgIpc) is 3.39. The Morgan fingerprint density at radius 2 is 1.85 bits per heavy atom. The van der Waals surface area contributed by atoms with Crippen LogP contribution in [-0.2, 0) is 17.8 Å². The lowest BCUT2D eigenvalue weighted by atomic mass is 9.73. The molecule has 33 heavy (non-hydrogen) atoms. The van der Waals surface area contributed by atoms with Crippen molar-refractivity contribution in [3.63, 3.8) is 0 Å². The average molecular weight is 442 g/mol. The molecule has 5 heteroatoms. The van der Waals surface area contributed by atoms with Gasteiger partial charge in [-0.3, -0.25) is 14.7 Å². The van der Waals surface area contributed by atoms with Crippen molar-refractivity contribution in [3.05, 3.63) is 95.8 Å². The molecule has 0 radical (unpaired) electrons. The summed E-state index contributed by atoms with van der Waals surface area (Å²) in [5.41, 5.74) is 3.33. The largest absolute Gasteiger partial charge is 0.497 e. The topological polar surface area (TPSA) is 45.7 Å². The molecule has 170 valence electrons. The SMILES string of the molecule is COc1ccc(CN2C[C@@H](c3cccnc3)[C@]3(CCN(CCc4ccccc4)C3=O)C2)cc1. The molecule has 1 aromatic heterocycles. The van der Waals surface area contributed by atoms with Crippen LogP contribution < -0.4 is 4.74 Å². The van der Waals surface area contributed by atoms with Gasteiger partial charge in [-0.2, -0.15) is 0 Å². The third-order valence-corrected chi connectivity index (χ3v) is 7.32. The number of amides is 1. The fraction of sp³-hybridized carbons (Fsp3) is 0.357. The molecule has 1 spiro atoms. The van der Waals surface area contributed by atoms with Crippen LogP contribution >= 0.6 is 0 Å². The summed E-state index contributed by atoms with van der Waals surface area (Å²) in [6, 6.07) is 22.8. The molecular formula is C28H31N3O2.